The summed E-state index contributed by atoms with van der Waals surface area (Å²) in [5.41, 5.74) is 8.98. The Labute approximate surface area is 124 Å². The van der Waals surface area contributed by atoms with Gasteiger partial charge in [-0.15, -0.1) is 0 Å². The van der Waals surface area contributed by atoms with Crippen molar-refractivity contribution in [1.82, 2.24) is 0 Å². The summed E-state index contributed by atoms with van der Waals surface area (Å²) in [5, 5.41) is 0. The molecule has 0 amide bonds. The summed E-state index contributed by atoms with van der Waals surface area (Å²) < 4.78 is 16.7. The minimum Gasteiger partial charge on any atom is -0.497 e. The van der Waals surface area contributed by atoms with Gasteiger partial charge in [0, 0.05) is 24.6 Å². The van der Waals surface area contributed by atoms with Crippen LogP contribution in [-0.2, 0) is 6.42 Å². The number of fused-ring (bicyclic) bond motifs is 1. The van der Waals surface area contributed by atoms with Gasteiger partial charge in [0.05, 0.1) is 14.2 Å². The first-order valence-electron chi connectivity index (χ1n) is 6.97. The first-order valence-corrected chi connectivity index (χ1v) is 6.97. The molecule has 0 spiro atoms. The molecule has 0 aromatic heterocycles. The standard InChI is InChI=1S/C17H19NO3/c1-19-13-7-12(8-14(9-13)20-2)16-5-3-4-11-6-15(10-18)21-17(11)16/h3-5,7-9,15H,6,10,18H2,1-2H3/t15-/m0/s1. The van der Waals surface area contributed by atoms with Crippen LogP contribution >= 0.6 is 0 Å². The number of para-hydroxylation sites is 1. The Bertz CT molecular complexity index is 632. The van der Waals surface area contributed by atoms with E-state index in [-0.39, 0.29) is 6.10 Å². The third-order valence-corrected chi connectivity index (χ3v) is 3.75. The van der Waals surface area contributed by atoms with Gasteiger partial charge in [-0.25, -0.2) is 0 Å². The van der Waals surface area contributed by atoms with Gasteiger partial charge in [-0.05, 0) is 23.3 Å². The normalized spacial score (nSPS) is 16.2. The van der Waals surface area contributed by atoms with Crippen molar-refractivity contribution >= 4 is 0 Å². The monoisotopic (exact) mass is 285 g/mol. The van der Waals surface area contributed by atoms with Crippen LogP contribution < -0.4 is 19.9 Å². The van der Waals surface area contributed by atoms with Crippen molar-refractivity contribution in [2.75, 3.05) is 20.8 Å². The molecule has 1 aliphatic heterocycles. The van der Waals surface area contributed by atoms with Crippen molar-refractivity contribution in [3.63, 3.8) is 0 Å². The summed E-state index contributed by atoms with van der Waals surface area (Å²) in [7, 11) is 3.30. The topological polar surface area (TPSA) is 53.7 Å². The molecule has 0 saturated carbocycles. The van der Waals surface area contributed by atoms with Crippen LogP contribution in [0.5, 0.6) is 17.2 Å². The van der Waals surface area contributed by atoms with Crippen LogP contribution in [0, 0.1) is 0 Å². The molecule has 0 aliphatic carbocycles. The van der Waals surface area contributed by atoms with Crippen LogP contribution in [0.25, 0.3) is 11.1 Å². The highest BCUT2D eigenvalue weighted by Crippen LogP contribution is 2.40. The van der Waals surface area contributed by atoms with Crippen LogP contribution in [0.4, 0.5) is 0 Å². The highest BCUT2D eigenvalue weighted by atomic mass is 16.5. The molecule has 21 heavy (non-hydrogen) atoms. The highest BCUT2D eigenvalue weighted by Gasteiger charge is 2.24. The summed E-state index contributed by atoms with van der Waals surface area (Å²) >= 11 is 0. The molecule has 0 fully saturated rings. The van der Waals surface area contributed by atoms with Crippen molar-refractivity contribution in [3.05, 3.63) is 42.0 Å². The average molecular weight is 285 g/mol. The molecule has 1 heterocycles. The molecule has 1 aliphatic rings. The van der Waals surface area contributed by atoms with Gasteiger partial charge in [0.25, 0.3) is 0 Å². The molecule has 1 atom stereocenters. The molecule has 110 valence electrons. The van der Waals surface area contributed by atoms with Crippen molar-refractivity contribution in [2.45, 2.75) is 12.5 Å². The second kappa shape index (κ2) is 5.66. The zero-order valence-corrected chi connectivity index (χ0v) is 12.3. The van der Waals surface area contributed by atoms with Gasteiger partial charge in [-0.1, -0.05) is 18.2 Å². The lowest BCUT2D eigenvalue weighted by Gasteiger charge is -2.13. The molecule has 0 unspecified atom stereocenters. The molecule has 4 nitrogen and oxygen atoms in total. The number of benzene rings is 2. The lowest BCUT2D eigenvalue weighted by molar-refractivity contribution is 0.242. The molecule has 2 aromatic rings. The molecule has 3 rings (SSSR count). The maximum absolute atomic E-state index is 5.98. The van der Waals surface area contributed by atoms with E-state index < -0.39 is 0 Å². The van der Waals surface area contributed by atoms with Gasteiger partial charge in [-0.3, -0.25) is 0 Å². The smallest absolute Gasteiger partial charge is 0.130 e. The maximum atomic E-state index is 5.98. The number of rotatable bonds is 4. The predicted octanol–water partition coefficient (Wildman–Crippen LogP) is 2.63. The Hall–Kier alpha value is -2.20. The van der Waals surface area contributed by atoms with Gasteiger partial charge in [0.1, 0.15) is 23.4 Å². The van der Waals surface area contributed by atoms with E-state index in [0.29, 0.717) is 6.54 Å². The van der Waals surface area contributed by atoms with Gasteiger partial charge in [-0.2, -0.15) is 0 Å². The Kier molecular flexibility index (Phi) is 3.71. The van der Waals surface area contributed by atoms with Crippen molar-refractivity contribution in [3.8, 4) is 28.4 Å². The largest absolute Gasteiger partial charge is 0.497 e. The van der Waals surface area contributed by atoms with E-state index in [1.54, 1.807) is 14.2 Å². The van der Waals surface area contributed by atoms with Crippen molar-refractivity contribution in [2.24, 2.45) is 5.73 Å². The van der Waals surface area contributed by atoms with Gasteiger partial charge >= 0.3 is 0 Å². The van der Waals surface area contributed by atoms with Crippen LogP contribution in [0.15, 0.2) is 36.4 Å². The summed E-state index contributed by atoms with van der Waals surface area (Å²) in [5.74, 6) is 2.44. The molecule has 0 saturated heterocycles. The second-order valence-corrected chi connectivity index (χ2v) is 5.07. The fraction of sp³-hybridized carbons (Fsp3) is 0.294. The number of hydrogen-bond donors (Lipinski definition) is 1. The highest BCUT2D eigenvalue weighted by molar-refractivity contribution is 5.75. The lowest BCUT2D eigenvalue weighted by Crippen LogP contribution is -2.24. The van der Waals surface area contributed by atoms with Crippen molar-refractivity contribution < 1.29 is 14.2 Å². The number of methoxy groups -OCH3 is 2. The molecule has 2 N–H and O–H groups in total. The van der Waals surface area contributed by atoms with Gasteiger partial charge in [0.2, 0.25) is 0 Å². The minimum absolute atomic E-state index is 0.0636. The van der Waals surface area contributed by atoms with Crippen LogP contribution in [0.2, 0.25) is 0 Å². The molecule has 0 radical (unpaired) electrons. The summed E-state index contributed by atoms with van der Waals surface area (Å²) in [6.07, 6.45) is 0.925. The Morgan fingerprint density at radius 1 is 1.14 bits per heavy atom. The fourth-order valence-corrected chi connectivity index (χ4v) is 2.66. The van der Waals surface area contributed by atoms with E-state index in [1.807, 2.05) is 30.3 Å². The first kappa shape index (κ1) is 13.8. The minimum atomic E-state index is 0.0636. The first-order chi connectivity index (χ1) is 10.2. The van der Waals surface area contributed by atoms with E-state index in [0.717, 1.165) is 34.8 Å². The lowest BCUT2D eigenvalue weighted by atomic mass is 10.00. The number of ether oxygens (including phenoxy) is 3. The summed E-state index contributed by atoms with van der Waals surface area (Å²) in [6, 6.07) is 12.0. The van der Waals surface area contributed by atoms with E-state index in [9.17, 15) is 0 Å². The van der Waals surface area contributed by atoms with Gasteiger partial charge < -0.3 is 19.9 Å². The van der Waals surface area contributed by atoms with E-state index in [4.69, 9.17) is 19.9 Å². The third kappa shape index (κ3) is 2.54. The molecule has 0 bridgehead atoms. The van der Waals surface area contributed by atoms with Crippen LogP contribution in [0.3, 0.4) is 0 Å². The van der Waals surface area contributed by atoms with Crippen LogP contribution in [0.1, 0.15) is 5.56 Å². The van der Waals surface area contributed by atoms with E-state index in [1.165, 1.54) is 5.56 Å². The Morgan fingerprint density at radius 3 is 2.48 bits per heavy atom. The fourth-order valence-electron chi connectivity index (χ4n) is 2.66. The average Bonchev–Trinajstić information content (AvgIpc) is 2.97. The molecule has 2 aromatic carbocycles. The van der Waals surface area contributed by atoms with Gasteiger partial charge in [0.15, 0.2) is 0 Å². The summed E-state index contributed by atoms with van der Waals surface area (Å²) in [4.78, 5) is 0. The molecular weight excluding hydrogens is 266 g/mol. The Balaban J connectivity index is 2.08. The third-order valence-electron chi connectivity index (χ3n) is 3.75. The predicted molar refractivity (Wildman–Crippen MR) is 82.2 cm³/mol. The van der Waals surface area contributed by atoms with E-state index in [2.05, 4.69) is 6.07 Å². The zero-order valence-electron chi connectivity index (χ0n) is 12.3. The van der Waals surface area contributed by atoms with Crippen LogP contribution in [-0.4, -0.2) is 26.9 Å². The number of nitrogens with two attached hydrogens (primary N) is 1. The number of hydrogen-bond acceptors (Lipinski definition) is 4. The quantitative estimate of drug-likeness (QED) is 0.938. The maximum Gasteiger partial charge on any atom is 0.130 e. The zero-order chi connectivity index (χ0) is 14.8. The van der Waals surface area contributed by atoms with E-state index >= 15 is 0 Å². The second-order valence-electron chi connectivity index (χ2n) is 5.07. The molecular formula is C17H19NO3. The van der Waals surface area contributed by atoms with Crippen molar-refractivity contribution in [1.29, 1.82) is 0 Å². The summed E-state index contributed by atoms with van der Waals surface area (Å²) in [6.45, 7) is 0.523. The molecule has 4 heteroatoms. The Morgan fingerprint density at radius 2 is 1.86 bits per heavy atom. The SMILES string of the molecule is COc1cc(OC)cc(-c2cccc3c2O[C@H](CN)C3)c1.